The highest BCUT2D eigenvalue weighted by Gasteiger charge is 2.41. The molecule has 11 heteroatoms. The van der Waals surface area contributed by atoms with Crippen molar-refractivity contribution in [3.05, 3.63) is 16.5 Å². The minimum Gasteiger partial charge on any atom is -0.452 e. The fraction of sp³-hybridized carbons (Fsp3) is 0.600. The van der Waals surface area contributed by atoms with Crippen LogP contribution in [-0.2, 0) is 26.4 Å². The molecule has 0 aromatic carbocycles. The van der Waals surface area contributed by atoms with Gasteiger partial charge in [-0.1, -0.05) is 0 Å². The van der Waals surface area contributed by atoms with Gasteiger partial charge in [0.25, 0.3) is 0 Å². The van der Waals surface area contributed by atoms with Crippen molar-refractivity contribution < 1.29 is 21.3 Å². The Morgan fingerprint density at radius 2 is 2.14 bits per heavy atom. The standard InChI is InChI=1S/C10H15BrN2O5S3/c1-20(14,15)9-6-19-3-2-13(9)21(16,17)8-4-7(5-12)18-10(8)11/h4,9H,2-3,5-6,12H2,1H3. The van der Waals surface area contributed by atoms with Crippen LogP contribution in [0, 0.1) is 0 Å². The van der Waals surface area contributed by atoms with Crippen molar-refractivity contribution in [2.24, 2.45) is 5.73 Å². The molecule has 0 radical (unpaired) electrons. The molecule has 1 aliphatic rings. The van der Waals surface area contributed by atoms with Crippen molar-refractivity contribution >= 4 is 47.6 Å². The van der Waals surface area contributed by atoms with Crippen LogP contribution in [0.1, 0.15) is 5.76 Å². The summed E-state index contributed by atoms with van der Waals surface area (Å²) in [5.41, 5.74) is 5.43. The summed E-state index contributed by atoms with van der Waals surface area (Å²) in [6.07, 6.45) is 1.04. The third-order valence-electron chi connectivity index (χ3n) is 3.03. The Morgan fingerprint density at radius 3 is 2.67 bits per heavy atom. The van der Waals surface area contributed by atoms with Crippen LogP contribution in [0.15, 0.2) is 20.0 Å². The molecular weight excluding hydrogens is 404 g/mol. The Balaban J connectivity index is 2.48. The van der Waals surface area contributed by atoms with E-state index in [1.165, 1.54) is 17.8 Å². The zero-order valence-electron chi connectivity index (χ0n) is 11.2. The number of furan rings is 1. The summed E-state index contributed by atoms with van der Waals surface area (Å²) in [6.45, 7) is 0.194. The van der Waals surface area contributed by atoms with Gasteiger partial charge in [-0.3, -0.25) is 0 Å². The minimum absolute atomic E-state index is 0.0356. The van der Waals surface area contributed by atoms with E-state index in [0.717, 1.165) is 10.6 Å². The number of halogens is 1. The number of nitrogens with two attached hydrogens (primary N) is 1. The van der Waals surface area contributed by atoms with Gasteiger partial charge in [0.1, 0.15) is 16.0 Å². The summed E-state index contributed by atoms with van der Waals surface area (Å²) in [5, 5.41) is -1.07. The summed E-state index contributed by atoms with van der Waals surface area (Å²) in [4.78, 5) is -0.0940. The largest absolute Gasteiger partial charge is 0.452 e. The zero-order chi connectivity index (χ0) is 15.8. The molecule has 1 saturated heterocycles. The van der Waals surface area contributed by atoms with Crippen molar-refractivity contribution in [1.29, 1.82) is 0 Å². The molecule has 0 bridgehead atoms. The third-order valence-corrected chi connectivity index (χ3v) is 8.57. The van der Waals surface area contributed by atoms with Crippen molar-refractivity contribution in [3.63, 3.8) is 0 Å². The van der Waals surface area contributed by atoms with Crippen LogP contribution >= 0.6 is 27.7 Å². The average molecular weight is 419 g/mol. The molecule has 0 saturated carbocycles. The van der Waals surface area contributed by atoms with E-state index < -0.39 is 25.2 Å². The Morgan fingerprint density at radius 1 is 1.48 bits per heavy atom. The molecule has 1 unspecified atom stereocenters. The molecule has 2 heterocycles. The molecule has 21 heavy (non-hydrogen) atoms. The number of rotatable bonds is 4. The summed E-state index contributed by atoms with van der Waals surface area (Å²) < 4.78 is 55.4. The Bertz CT molecular complexity index is 728. The SMILES string of the molecule is CS(=O)(=O)C1CSCCN1S(=O)(=O)c1cc(CN)oc1Br. The lowest BCUT2D eigenvalue weighted by Gasteiger charge is -2.32. The smallest absolute Gasteiger partial charge is 0.248 e. The summed E-state index contributed by atoms with van der Waals surface area (Å²) >= 11 is 4.47. The second kappa shape index (κ2) is 6.20. The molecular formula is C10H15BrN2O5S3. The molecule has 2 rings (SSSR count). The maximum atomic E-state index is 12.7. The summed E-state index contributed by atoms with van der Waals surface area (Å²) in [6, 6.07) is 1.32. The van der Waals surface area contributed by atoms with Crippen LogP contribution < -0.4 is 5.73 Å². The molecule has 1 aromatic heterocycles. The van der Waals surface area contributed by atoms with Crippen LogP contribution in [-0.4, -0.2) is 50.8 Å². The Kier molecular flexibility index (Phi) is 5.11. The average Bonchev–Trinajstić information content (AvgIpc) is 2.80. The summed E-state index contributed by atoms with van der Waals surface area (Å²) in [5.74, 6) is 1.07. The van der Waals surface area contributed by atoms with Crippen LogP contribution in [0.25, 0.3) is 0 Å². The topological polar surface area (TPSA) is 111 Å². The molecule has 2 N–H and O–H groups in total. The quantitative estimate of drug-likeness (QED) is 0.761. The van der Waals surface area contributed by atoms with Crippen molar-refractivity contribution in [2.75, 3.05) is 24.3 Å². The van der Waals surface area contributed by atoms with Gasteiger partial charge < -0.3 is 10.2 Å². The predicted molar refractivity (Wildman–Crippen MR) is 84.1 cm³/mol. The van der Waals surface area contributed by atoms with Gasteiger partial charge in [0.2, 0.25) is 10.0 Å². The van der Waals surface area contributed by atoms with Gasteiger partial charge in [0.15, 0.2) is 14.5 Å². The lowest BCUT2D eigenvalue weighted by molar-refractivity contribution is 0.403. The van der Waals surface area contributed by atoms with Crippen LogP contribution in [0.3, 0.4) is 0 Å². The number of sulfonamides is 1. The minimum atomic E-state index is -3.97. The van der Waals surface area contributed by atoms with Crippen molar-refractivity contribution in [3.8, 4) is 0 Å². The maximum Gasteiger partial charge on any atom is 0.248 e. The molecule has 0 aliphatic carbocycles. The zero-order valence-corrected chi connectivity index (χ0v) is 15.2. The lowest BCUT2D eigenvalue weighted by atomic mass is 10.5. The molecule has 0 spiro atoms. The highest BCUT2D eigenvalue weighted by Crippen LogP contribution is 2.32. The van der Waals surface area contributed by atoms with Gasteiger partial charge in [0, 0.05) is 30.4 Å². The molecule has 0 amide bonds. The van der Waals surface area contributed by atoms with Gasteiger partial charge in [-0.05, 0) is 15.9 Å². The molecule has 1 fully saturated rings. The van der Waals surface area contributed by atoms with Gasteiger partial charge in [-0.15, -0.1) is 0 Å². The first kappa shape index (κ1) is 17.3. The summed E-state index contributed by atoms with van der Waals surface area (Å²) in [7, 11) is -7.49. The van der Waals surface area contributed by atoms with Gasteiger partial charge in [-0.2, -0.15) is 16.1 Å². The molecule has 7 nitrogen and oxygen atoms in total. The third kappa shape index (κ3) is 3.48. The van der Waals surface area contributed by atoms with E-state index >= 15 is 0 Å². The first-order valence-electron chi connectivity index (χ1n) is 5.94. The number of nitrogens with zero attached hydrogens (tertiary/aromatic N) is 1. The fourth-order valence-corrected chi connectivity index (χ4v) is 8.11. The predicted octanol–water partition coefficient (Wildman–Crippen LogP) is 0.609. The fourth-order valence-electron chi connectivity index (χ4n) is 1.98. The highest BCUT2D eigenvalue weighted by molar-refractivity contribution is 9.10. The van der Waals surface area contributed by atoms with E-state index in [9.17, 15) is 16.8 Å². The molecule has 1 aliphatic heterocycles. The maximum absolute atomic E-state index is 12.7. The number of hydrogen-bond donors (Lipinski definition) is 1. The van der Waals surface area contributed by atoms with Crippen LogP contribution in [0.5, 0.6) is 0 Å². The second-order valence-corrected chi connectivity index (χ2v) is 10.5. The lowest BCUT2D eigenvalue weighted by Crippen LogP contribution is -2.49. The van der Waals surface area contributed by atoms with Gasteiger partial charge in [-0.25, -0.2) is 16.8 Å². The van der Waals surface area contributed by atoms with E-state index in [4.69, 9.17) is 10.2 Å². The monoisotopic (exact) mass is 418 g/mol. The molecule has 1 aromatic rings. The first-order chi connectivity index (χ1) is 9.67. The number of sulfone groups is 1. The molecule has 120 valence electrons. The number of hydrogen-bond acceptors (Lipinski definition) is 7. The second-order valence-electron chi connectivity index (χ2n) is 4.53. The number of thioether (sulfide) groups is 1. The molecule has 1 atom stereocenters. The Labute approximate surface area is 136 Å². The van der Waals surface area contributed by atoms with E-state index in [1.54, 1.807) is 0 Å². The van der Waals surface area contributed by atoms with Crippen LogP contribution in [0.4, 0.5) is 0 Å². The van der Waals surface area contributed by atoms with E-state index in [-0.39, 0.29) is 28.4 Å². The van der Waals surface area contributed by atoms with E-state index in [1.807, 2.05) is 0 Å². The first-order valence-corrected chi connectivity index (χ1v) is 11.3. The van der Waals surface area contributed by atoms with Crippen molar-refractivity contribution in [1.82, 2.24) is 4.31 Å². The normalized spacial score (nSPS) is 21.6. The van der Waals surface area contributed by atoms with Gasteiger partial charge >= 0.3 is 0 Å². The highest BCUT2D eigenvalue weighted by atomic mass is 79.9. The van der Waals surface area contributed by atoms with Crippen LogP contribution in [0.2, 0.25) is 0 Å². The van der Waals surface area contributed by atoms with E-state index in [2.05, 4.69) is 15.9 Å². The Hall–Kier alpha value is -0.0700. The van der Waals surface area contributed by atoms with Crippen molar-refractivity contribution in [2.45, 2.75) is 16.8 Å². The van der Waals surface area contributed by atoms with Gasteiger partial charge in [0.05, 0.1) is 6.54 Å². The van der Waals surface area contributed by atoms with E-state index in [0.29, 0.717) is 11.5 Å².